The second-order valence-corrected chi connectivity index (χ2v) is 5.87. The van der Waals surface area contributed by atoms with E-state index < -0.39 is 24.5 Å². The Bertz CT molecular complexity index is 905. The van der Waals surface area contributed by atoms with Gasteiger partial charge in [-0.3, -0.25) is 9.59 Å². The number of esters is 2. The number of amides is 1. The number of nitrogens with one attached hydrogen (secondary N) is 1. The van der Waals surface area contributed by atoms with Crippen molar-refractivity contribution in [3.05, 3.63) is 58.0 Å². The van der Waals surface area contributed by atoms with Gasteiger partial charge in [-0.05, 0) is 36.8 Å². The van der Waals surface area contributed by atoms with Crippen molar-refractivity contribution in [2.45, 2.75) is 19.8 Å². The maximum absolute atomic E-state index is 11.9. The van der Waals surface area contributed by atoms with E-state index >= 15 is 0 Å². The number of carbonyl (C=O) groups is 3. The first-order valence-electron chi connectivity index (χ1n) is 8.69. The number of ether oxygens (including phenoxy) is 2. The number of hydrogen-bond acceptors (Lipinski definition) is 7. The van der Waals surface area contributed by atoms with Gasteiger partial charge in [0.2, 0.25) is 0 Å². The number of rotatable bonds is 8. The predicted octanol–water partition coefficient (Wildman–Crippen LogP) is 1.53. The zero-order chi connectivity index (χ0) is 20.5. The van der Waals surface area contributed by atoms with Gasteiger partial charge in [-0.2, -0.15) is 5.10 Å². The van der Waals surface area contributed by atoms with Crippen LogP contribution in [0.4, 0.5) is 5.69 Å². The standard InChI is InChI=1S/C19H21N3O6/c1-3-4-11-27-18(25)13-5-7-14(8-6-13)20-16(23)12-28-19(26)15-9-10-17(24)22(2)21-15/h5-10H,3-4,11-12H2,1-2H3,(H,20,23). The summed E-state index contributed by atoms with van der Waals surface area (Å²) in [6.45, 7) is 1.84. The van der Waals surface area contributed by atoms with Crippen molar-refractivity contribution in [1.29, 1.82) is 0 Å². The minimum atomic E-state index is -0.823. The Balaban J connectivity index is 1.84. The van der Waals surface area contributed by atoms with Gasteiger partial charge in [-0.1, -0.05) is 13.3 Å². The minimum absolute atomic E-state index is 0.0826. The highest BCUT2D eigenvalue weighted by Crippen LogP contribution is 2.11. The van der Waals surface area contributed by atoms with Gasteiger partial charge in [0.05, 0.1) is 12.2 Å². The number of unbranched alkanes of at least 4 members (excludes halogenated alkanes) is 1. The number of nitrogens with zero attached hydrogens (tertiary/aromatic N) is 2. The number of aryl methyl sites for hydroxylation is 1. The Morgan fingerprint density at radius 3 is 2.39 bits per heavy atom. The molecule has 0 atom stereocenters. The minimum Gasteiger partial charge on any atom is -0.462 e. The molecule has 2 aromatic rings. The van der Waals surface area contributed by atoms with Crippen LogP contribution in [0.15, 0.2) is 41.2 Å². The molecule has 28 heavy (non-hydrogen) atoms. The van der Waals surface area contributed by atoms with E-state index in [9.17, 15) is 19.2 Å². The zero-order valence-corrected chi connectivity index (χ0v) is 15.6. The summed E-state index contributed by atoms with van der Waals surface area (Å²) in [6, 6.07) is 8.56. The van der Waals surface area contributed by atoms with Crippen LogP contribution in [-0.2, 0) is 21.3 Å². The fraction of sp³-hybridized carbons (Fsp3) is 0.316. The fourth-order valence-electron chi connectivity index (χ4n) is 2.10. The number of aromatic nitrogens is 2. The van der Waals surface area contributed by atoms with Crippen molar-refractivity contribution in [2.75, 3.05) is 18.5 Å². The molecule has 0 radical (unpaired) electrons. The summed E-state index contributed by atoms with van der Waals surface area (Å²) in [6.07, 6.45) is 1.73. The quantitative estimate of drug-likeness (QED) is 0.539. The topological polar surface area (TPSA) is 117 Å². The van der Waals surface area contributed by atoms with Gasteiger partial charge in [0, 0.05) is 18.8 Å². The smallest absolute Gasteiger partial charge is 0.359 e. The molecule has 148 valence electrons. The Kier molecular flexibility index (Phi) is 7.44. The number of benzene rings is 1. The van der Waals surface area contributed by atoms with Gasteiger partial charge in [0.1, 0.15) is 0 Å². The van der Waals surface area contributed by atoms with Crippen molar-refractivity contribution >= 4 is 23.5 Å². The van der Waals surface area contributed by atoms with E-state index in [-0.39, 0.29) is 11.3 Å². The second-order valence-electron chi connectivity index (χ2n) is 5.87. The summed E-state index contributed by atoms with van der Waals surface area (Å²) in [7, 11) is 1.40. The Morgan fingerprint density at radius 1 is 1.04 bits per heavy atom. The number of carbonyl (C=O) groups excluding carboxylic acids is 3. The molecule has 1 heterocycles. The summed E-state index contributed by atoms with van der Waals surface area (Å²) >= 11 is 0. The van der Waals surface area contributed by atoms with Crippen molar-refractivity contribution < 1.29 is 23.9 Å². The lowest BCUT2D eigenvalue weighted by Crippen LogP contribution is -2.24. The largest absolute Gasteiger partial charge is 0.462 e. The van der Waals surface area contributed by atoms with Crippen molar-refractivity contribution in [2.24, 2.45) is 7.05 Å². The highest BCUT2D eigenvalue weighted by atomic mass is 16.5. The van der Waals surface area contributed by atoms with Crippen molar-refractivity contribution in [3.8, 4) is 0 Å². The molecule has 1 aromatic heterocycles. The Hall–Kier alpha value is -3.49. The first kappa shape index (κ1) is 20.8. The molecule has 9 heteroatoms. The summed E-state index contributed by atoms with van der Waals surface area (Å²) in [5.41, 5.74) is 0.362. The molecule has 1 N–H and O–H groups in total. The van der Waals surface area contributed by atoms with Crippen LogP contribution in [0.5, 0.6) is 0 Å². The summed E-state index contributed by atoms with van der Waals surface area (Å²) < 4.78 is 11.0. The third kappa shape index (κ3) is 6.04. The first-order valence-corrected chi connectivity index (χ1v) is 8.69. The molecule has 0 spiro atoms. The Labute approximate surface area is 161 Å². The number of hydrogen-bond donors (Lipinski definition) is 1. The molecular formula is C19H21N3O6. The van der Waals surface area contributed by atoms with E-state index in [1.807, 2.05) is 6.92 Å². The van der Waals surface area contributed by atoms with Crippen LogP contribution >= 0.6 is 0 Å². The van der Waals surface area contributed by atoms with Gasteiger partial charge in [0.25, 0.3) is 11.5 Å². The molecular weight excluding hydrogens is 366 g/mol. The fourth-order valence-corrected chi connectivity index (χ4v) is 2.10. The van der Waals surface area contributed by atoms with Gasteiger partial charge < -0.3 is 14.8 Å². The SMILES string of the molecule is CCCCOC(=O)c1ccc(NC(=O)COC(=O)c2ccc(=O)n(C)n2)cc1. The molecule has 2 rings (SSSR count). The normalized spacial score (nSPS) is 10.2. The lowest BCUT2D eigenvalue weighted by atomic mass is 10.2. The maximum Gasteiger partial charge on any atom is 0.359 e. The van der Waals surface area contributed by atoms with Crippen LogP contribution in [0.25, 0.3) is 0 Å². The van der Waals surface area contributed by atoms with E-state index in [4.69, 9.17) is 9.47 Å². The van der Waals surface area contributed by atoms with E-state index in [0.29, 0.717) is 17.9 Å². The van der Waals surface area contributed by atoms with E-state index in [2.05, 4.69) is 10.4 Å². The lowest BCUT2D eigenvalue weighted by Gasteiger charge is -2.08. The summed E-state index contributed by atoms with van der Waals surface area (Å²) in [5, 5.41) is 6.29. The van der Waals surface area contributed by atoms with Gasteiger partial charge in [-0.25, -0.2) is 14.3 Å². The average molecular weight is 387 g/mol. The molecule has 0 aliphatic heterocycles. The van der Waals surface area contributed by atoms with E-state index in [1.165, 1.54) is 31.3 Å². The molecule has 0 bridgehead atoms. The van der Waals surface area contributed by atoms with Crippen LogP contribution in [-0.4, -0.2) is 40.8 Å². The molecule has 0 saturated carbocycles. The molecule has 0 aliphatic rings. The first-order chi connectivity index (χ1) is 13.4. The van der Waals surface area contributed by atoms with Crippen molar-refractivity contribution in [1.82, 2.24) is 9.78 Å². The summed E-state index contributed by atoms with van der Waals surface area (Å²) in [5.74, 6) is -1.81. The van der Waals surface area contributed by atoms with Crippen LogP contribution in [0.3, 0.4) is 0 Å². The van der Waals surface area contributed by atoms with Gasteiger partial charge in [0.15, 0.2) is 12.3 Å². The van der Waals surface area contributed by atoms with Crippen LogP contribution in [0.1, 0.15) is 40.6 Å². The lowest BCUT2D eigenvalue weighted by molar-refractivity contribution is -0.119. The van der Waals surface area contributed by atoms with Crippen LogP contribution in [0, 0.1) is 0 Å². The highest BCUT2D eigenvalue weighted by molar-refractivity contribution is 5.95. The zero-order valence-electron chi connectivity index (χ0n) is 15.6. The second kappa shape index (κ2) is 10.0. The molecule has 0 saturated heterocycles. The number of anilines is 1. The predicted molar refractivity (Wildman–Crippen MR) is 100 cm³/mol. The molecule has 1 amide bonds. The average Bonchev–Trinajstić information content (AvgIpc) is 2.69. The molecule has 0 aliphatic carbocycles. The van der Waals surface area contributed by atoms with Crippen molar-refractivity contribution in [3.63, 3.8) is 0 Å². The maximum atomic E-state index is 11.9. The van der Waals surface area contributed by atoms with E-state index in [0.717, 1.165) is 17.5 Å². The monoisotopic (exact) mass is 387 g/mol. The highest BCUT2D eigenvalue weighted by Gasteiger charge is 2.13. The molecule has 0 fully saturated rings. The molecule has 9 nitrogen and oxygen atoms in total. The Morgan fingerprint density at radius 2 is 1.75 bits per heavy atom. The van der Waals surface area contributed by atoms with E-state index in [1.54, 1.807) is 12.1 Å². The van der Waals surface area contributed by atoms with Crippen LogP contribution in [0.2, 0.25) is 0 Å². The summed E-state index contributed by atoms with van der Waals surface area (Å²) in [4.78, 5) is 46.8. The molecule has 0 unspecified atom stereocenters. The third-order valence-electron chi connectivity index (χ3n) is 3.64. The van der Waals surface area contributed by atoms with Gasteiger partial charge >= 0.3 is 11.9 Å². The van der Waals surface area contributed by atoms with Crippen LogP contribution < -0.4 is 10.9 Å². The van der Waals surface area contributed by atoms with Gasteiger partial charge in [-0.15, -0.1) is 0 Å². The molecule has 1 aromatic carbocycles. The third-order valence-corrected chi connectivity index (χ3v) is 3.64.